The fourth-order valence-corrected chi connectivity index (χ4v) is 5.32. The van der Waals surface area contributed by atoms with Crippen molar-refractivity contribution in [3.05, 3.63) is 58.6 Å². The molecule has 1 unspecified atom stereocenters. The average molecular weight is 479 g/mol. The monoisotopic (exact) mass is 478 g/mol. The van der Waals surface area contributed by atoms with Gasteiger partial charge in [-0.1, -0.05) is 49.9 Å². The largest absolute Gasteiger partial charge is 0.392 e. The van der Waals surface area contributed by atoms with Crippen molar-refractivity contribution in [1.29, 1.82) is 0 Å². The second-order valence-corrected chi connectivity index (χ2v) is 10.8. The zero-order valence-electron chi connectivity index (χ0n) is 18.6. The summed E-state index contributed by atoms with van der Waals surface area (Å²) < 4.78 is 28.1. The van der Waals surface area contributed by atoms with E-state index in [0.717, 1.165) is 24.8 Å². The molecule has 0 aromatic heterocycles. The maximum Gasteiger partial charge on any atom is 0.255 e. The lowest BCUT2D eigenvalue weighted by molar-refractivity contribution is 0.102. The first kappa shape index (κ1) is 24.7. The molecule has 1 aliphatic carbocycles. The van der Waals surface area contributed by atoms with E-state index in [9.17, 15) is 18.3 Å². The van der Waals surface area contributed by atoms with E-state index in [1.165, 1.54) is 22.9 Å². The molecule has 1 aliphatic rings. The van der Waals surface area contributed by atoms with E-state index in [1.54, 1.807) is 30.3 Å². The summed E-state index contributed by atoms with van der Waals surface area (Å²) in [5, 5.41) is 13.4. The van der Waals surface area contributed by atoms with Crippen LogP contribution in [0.5, 0.6) is 0 Å². The number of sulfonamides is 1. The Hall–Kier alpha value is -1.93. The van der Waals surface area contributed by atoms with Gasteiger partial charge in [0, 0.05) is 29.4 Å². The van der Waals surface area contributed by atoms with Gasteiger partial charge < -0.3 is 10.4 Å². The molecule has 1 saturated carbocycles. The standard InChI is InChI=1S/C24H31ClN2O4S/c1-3-21(28)16-27(13-12-18-6-4-7-18)32(30,31)22-9-5-8-19(14-22)24(29)26-20-11-10-17(2)23(25)15-20/h5,8-11,14-15,18,21,28H,3-4,6-7,12-13,16H2,1-2H3,(H,26,29). The Kier molecular flexibility index (Phi) is 8.33. The molecule has 174 valence electrons. The van der Waals surface area contributed by atoms with Gasteiger partial charge in [0.25, 0.3) is 5.91 Å². The molecule has 6 nitrogen and oxygen atoms in total. The van der Waals surface area contributed by atoms with Gasteiger partial charge in [-0.25, -0.2) is 8.42 Å². The van der Waals surface area contributed by atoms with Crippen molar-refractivity contribution in [1.82, 2.24) is 4.31 Å². The van der Waals surface area contributed by atoms with Gasteiger partial charge in [0.2, 0.25) is 10.0 Å². The fraction of sp³-hybridized carbons (Fsp3) is 0.458. The second kappa shape index (κ2) is 10.8. The predicted octanol–water partition coefficient (Wildman–Crippen LogP) is 4.85. The number of carbonyl (C=O) groups is 1. The van der Waals surface area contributed by atoms with Gasteiger partial charge in [0.1, 0.15) is 0 Å². The summed E-state index contributed by atoms with van der Waals surface area (Å²) in [7, 11) is -3.86. The van der Waals surface area contributed by atoms with Gasteiger partial charge in [-0.2, -0.15) is 4.31 Å². The van der Waals surface area contributed by atoms with Crippen molar-refractivity contribution in [2.24, 2.45) is 5.92 Å². The summed E-state index contributed by atoms with van der Waals surface area (Å²) in [5.41, 5.74) is 1.67. The molecule has 2 aromatic carbocycles. The van der Waals surface area contributed by atoms with Crippen LogP contribution >= 0.6 is 11.6 Å². The maximum atomic E-state index is 13.4. The number of nitrogens with zero attached hydrogens (tertiary/aromatic N) is 1. The Balaban J connectivity index is 1.80. The molecule has 0 bridgehead atoms. The number of aliphatic hydroxyl groups is 1. The number of carbonyl (C=O) groups excluding carboxylic acids is 1. The highest BCUT2D eigenvalue weighted by Gasteiger charge is 2.28. The SMILES string of the molecule is CCC(O)CN(CCC1CCC1)S(=O)(=O)c1cccc(C(=O)Nc2ccc(C)c(Cl)c2)c1. The van der Waals surface area contributed by atoms with Crippen LogP contribution in [0.1, 0.15) is 54.9 Å². The van der Waals surface area contributed by atoms with Crippen molar-refractivity contribution in [3.63, 3.8) is 0 Å². The number of aliphatic hydroxyl groups excluding tert-OH is 1. The molecule has 1 fully saturated rings. The maximum absolute atomic E-state index is 13.4. The summed E-state index contributed by atoms with van der Waals surface area (Å²) in [6.45, 7) is 4.10. The molecule has 8 heteroatoms. The van der Waals surface area contributed by atoms with Gasteiger partial charge >= 0.3 is 0 Å². The number of rotatable bonds is 10. The first-order valence-electron chi connectivity index (χ1n) is 11.1. The topological polar surface area (TPSA) is 86.7 Å². The van der Waals surface area contributed by atoms with E-state index in [-0.39, 0.29) is 17.0 Å². The third kappa shape index (κ3) is 6.10. The molecular weight excluding hydrogens is 448 g/mol. The normalized spacial score (nSPS) is 15.4. The number of amides is 1. The van der Waals surface area contributed by atoms with Crippen LogP contribution < -0.4 is 5.32 Å². The van der Waals surface area contributed by atoms with E-state index in [1.807, 2.05) is 13.8 Å². The third-order valence-corrected chi connectivity index (χ3v) is 8.33. The predicted molar refractivity (Wildman–Crippen MR) is 128 cm³/mol. The Morgan fingerprint density at radius 2 is 2.00 bits per heavy atom. The quantitative estimate of drug-likeness (QED) is 0.511. The first-order valence-corrected chi connectivity index (χ1v) is 12.9. The number of nitrogens with one attached hydrogen (secondary N) is 1. The van der Waals surface area contributed by atoms with Crippen LogP contribution in [0.3, 0.4) is 0 Å². The molecule has 0 spiro atoms. The Morgan fingerprint density at radius 3 is 2.62 bits per heavy atom. The lowest BCUT2D eigenvalue weighted by atomic mass is 9.83. The van der Waals surface area contributed by atoms with Gasteiger partial charge in [0.15, 0.2) is 0 Å². The van der Waals surface area contributed by atoms with Crippen molar-refractivity contribution in [2.45, 2.75) is 57.0 Å². The Labute approximate surface area is 195 Å². The highest BCUT2D eigenvalue weighted by atomic mass is 35.5. The first-order chi connectivity index (χ1) is 15.2. The van der Waals surface area contributed by atoms with Crippen molar-refractivity contribution < 1.29 is 18.3 Å². The number of aryl methyl sites for hydroxylation is 1. The van der Waals surface area contributed by atoms with E-state index in [4.69, 9.17) is 11.6 Å². The minimum atomic E-state index is -3.86. The molecular formula is C24H31ClN2O4S. The van der Waals surface area contributed by atoms with Crippen LogP contribution in [0.25, 0.3) is 0 Å². The van der Waals surface area contributed by atoms with Crippen LogP contribution in [-0.2, 0) is 10.0 Å². The second-order valence-electron chi connectivity index (χ2n) is 8.46. The molecule has 1 amide bonds. The lowest BCUT2D eigenvalue weighted by Crippen LogP contribution is -2.39. The minimum absolute atomic E-state index is 0.0454. The summed E-state index contributed by atoms with van der Waals surface area (Å²) in [4.78, 5) is 12.8. The van der Waals surface area contributed by atoms with Crippen LogP contribution in [0.4, 0.5) is 5.69 Å². The van der Waals surface area contributed by atoms with Gasteiger partial charge in [-0.05, 0) is 61.6 Å². The third-order valence-electron chi connectivity index (χ3n) is 6.06. The summed E-state index contributed by atoms with van der Waals surface area (Å²) in [6, 6.07) is 11.2. The number of hydrogen-bond donors (Lipinski definition) is 2. The molecule has 2 N–H and O–H groups in total. The molecule has 0 heterocycles. The van der Waals surface area contributed by atoms with Crippen molar-refractivity contribution >= 4 is 33.2 Å². The Bertz CT molecular complexity index is 1050. The zero-order valence-corrected chi connectivity index (χ0v) is 20.1. The molecule has 0 aliphatic heterocycles. The zero-order chi connectivity index (χ0) is 23.3. The number of anilines is 1. The van der Waals surface area contributed by atoms with Crippen LogP contribution in [0, 0.1) is 12.8 Å². The highest BCUT2D eigenvalue weighted by molar-refractivity contribution is 7.89. The van der Waals surface area contributed by atoms with Crippen LogP contribution in [0.15, 0.2) is 47.4 Å². The van der Waals surface area contributed by atoms with E-state index < -0.39 is 22.0 Å². The van der Waals surface area contributed by atoms with E-state index in [2.05, 4.69) is 5.32 Å². The molecule has 3 rings (SSSR count). The Morgan fingerprint density at radius 1 is 1.25 bits per heavy atom. The lowest BCUT2D eigenvalue weighted by Gasteiger charge is -2.30. The molecule has 32 heavy (non-hydrogen) atoms. The molecule has 0 radical (unpaired) electrons. The van der Waals surface area contributed by atoms with E-state index in [0.29, 0.717) is 29.6 Å². The molecule has 0 saturated heterocycles. The van der Waals surface area contributed by atoms with Gasteiger partial charge in [-0.3, -0.25) is 4.79 Å². The van der Waals surface area contributed by atoms with Crippen LogP contribution in [-0.4, -0.2) is 42.9 Å². The summed E-state index contributed by atoms with van der Waals surface area (Å²) in [5.74, 6) is 0.126. The average Bonchev–Trinajstić information content (AvgIpc) is 2.74. The fourth-order valence-electron chi connectivity index (χ4n) is 3.60. The summed E-state index contributed by atoms with van der Waals surface area (Å²) >= 11 is 6.13. The molecule has 2 aromatic rings. The van der Waals surface area contributed by atoms with Crippen LogP contribution in [0.2, 0.25) is 5.02 Å². The van der Waals surface area contributed by atoms with Crippen molar-refractivity contribution in [3.8, 4) is 0 Å². The number of hydrogen-bond acceptors (Lipinski definition) is 4. The number of benzene rings is 2. The van der Waals surface area contributed by atoms with Gasteiger partial charge in [0.05, 0.1) is 11.0 Å². The number of halogens is 1. The highest BCUT2D eigenvalue weighted by Crippen LogP contribution is 2.30. The smallest absolute Gasteiger partial charge is 0.255 e. The summed E-state index contributed by atoms with van der Waals surface area (Å²) in [6.07, 6.45) is 3.97. The van der Waals surface area contributed by atoms with E-state index >= 15 is 0 Å². The minimum Gasteiger partial charge on any atom is -0.392 e. The van der Waals surface area contributed by atoms with Gasteiger partial charge in [-0.15, -0.1) is 0 Å². The molecule has 1 atom stereocenters. The van der Waals surface area contributed by atoms with Crippen molar-refractivity contribution in [2.75, 3.05) is 18.4 Å².